The summed E-state index contributed by atoms with van der Waals surface area (Å²) < 4.78 is 70.5. The Morgan fingerprint density at radius 2 is 1.53 bits per heavy atom. The van der Waals surface area contributed by atoms with Gasteiger partial charge >= 0.3 is 6.18 Å². The van der Waals surface area contributed by atoms with Crippen molar-refractivity contribution < 1.29 is 27.1 Å². The van der Waals surface area contributed by atoms with Gasteiger partial charge in [0.2, 0.25) is 5.60 Å². The quantitative estimate of drug-likeness (QED) is 0.452. The number of hydrogen-bond acceptors (Lipinski definition) is 2. The third kappa shape index (κ3) is 3.23. The van der Waals surface area contributed by atoms with Crippen LogP contribution in [0, 0.1) is 18.6 Å². The Bertz CT molecular complexity index is 1210. The number of aryl methyl sites for hydroxylation is 1. The monoisotopic (exact) mass is 418 g/mol. The highest BCUT2D eigenvalue weighted by atomic mass is 19.4. The molecule has 1 N–H and O–H groups in total. The maximum absolute atomic E-state index is 14.0. The first-order valence-corrected chi connectivity index (χ1v) is 8.90. The minimum absolute atomic E-state index is 0.248. The Kier molecular flexibility index (Phi) is 4.62. The average Bonchev–Trinajstić information content (AvgIpc) is 3.09. The Labute approximate surface area is 168 Å². The Morgan fingerprint density at radius 1 is 0.833 bits per heavy atom. The molecule has 0 saturated heterocycles. The molecule has 0 fully saturated rings. The molecule has 1 unspecified atom stereocenters. The van der Waals surface area contributed by atoms with Crippen LogP contribution in [0.2, 0.25) is 0 Å². The van der Waals surface area contributed by atoms with Crippen molar-refractivity contribution >= 4 is 10.9 Å². The molecule has 0 amide bonds. The van der Waals surface area contributed by atoms with Crippen molar-refractivity contribution in [1.82, 2.24) is 9.78 Å². The van der Waals surface area contributed by atoms with Crippen molar-refractivity contribution in [3.05, 3.63) is 95.2 Å². The topological polar surface area (TPSA) is 38.1 Å². The number of halogens is 5. The molecule has 0 aliphatic heterocycles. The maximum atomic E-state index is 14.0. The van der Waals surface area contributed by atoms with E-state index < -0.39 is 34.5 Å². The minimum atomic E-state index is -5.10. The highest BCUT2D eigenvalue weighted by Gasteiger charge is 2.56. The fourth-order valence-corrected chi connectivity index (χ4v) is 3.49. The van der Waals surface area contributed by atoms with E-state index >= 15 is 0 Å². The van der Waals surface area contributed by atoms with Crippen molar-refractivity contribution in [2.24, 2.45) is 0 Å². The summed E-state index contributed by atoms with van der Waals surface area (Å²) in [7, 11) is 0. The zero-order chi connectivity index (χ0) is 21.7. The summed E-state index contributed by atoms with van der Waals surface area (Å²) in [4.78, 5) is 0. The van der Waals surface area contributed by atoms with E-state index in [1.54, 1.807) is 0 Å². The summed E-state index contributed by atoms with van der Waals surface area (Å²) in [6, 6.07) is 12.0. The number of aromatic nitrogens is 2. The Morgan fingerprint density at radius 3 is 2.17 bits per heavy atom. The smallest absolute Gasteiger partial charge is 0.372 e. The van der Waals surface area contributed by atoms with E-state index in [9.17, 15) is 27.1 Å². The molecule has 8 heteroatoms. The first-order valence-electron chi connectivity index (χ1n) is 8.90. The highest BCUT2D eigenvalue weighted by molar-refractivity contribution is 5.81. The molecule has 3 aromatic carbocycles. The van der Waals surface area contributed by atoms with E-state index in [1.807, 2.05) is 0 Å². The van der Waals surface area contributed by atoms with Crippen molar-refractivity contribution in [1.29, 1.82) is 0 Å². The van der Waals surface area contributed by atoms with Crippen LogP contribution in [0.1, 0.15) is 16.7 Å². The first kappa shape index (κ1) is 20.0. The van der Waals surface area contributed by atoms with Gasteiger partial charge in [0.25, 0.3) is 0 Å². The van der Waals surface area contributed by atoms with Crippen molar-refractivity contribution in [3.63, 3.8) is 0 Å². The number of alkyl halides is 3. The second kappa shape index (κ2) is 6.91. The maximum Gasteiger partial charge on any atom is 0.425 e. The van der Waals surface area contributed by atoms with Crippen LogP contribution in [0.3, 0.4) is 0 Å². The van der Waals surface area contributed by atoms with Gasteiger partial charge in [-0.05, 0) is 66.6 Å². The fraction of sp³-hybridized carbons (Fsp3) is 0.136. The van der Waals surface area contributed by atoms with Crippen LogP contribution in [-0.2, 0) is 5.60 Å². The molecule has 0 saturated carbocycles. The second-order valence-electron chi connectivity index (χ2n) is 7.03. The molecular weight excluding hydrogens is 403 g/mol. The van der Waals surface area contributed by atoms with Crippen molar-refractivity contribution in [2.75, 3.05) is 0 Å². The van der Waals surface area contributed by atoms with Gasteiger partial charge in [0.05, 0.1) is 17.4 Å². The number of benzene rings is 3. The molecule has 0 radical (unpaired) electrons. The van der Waals surface area contributed by atoms with Gasteiger partial charge in [0.1, 0.15) is 11.6 Å². The van der Waals surface area contributed by atoms with E-state index in [4.69, 9.17) is 0 Å². The number of hydrogen-bond donors (Lipinski definition) is 1. The van der Waals surface area contributed by atoms with Crippen LogP contribution >= 0.6 is 0 Å². The summed E-state index contributed by atoms with van der Waals surface area (Å²) in [5.41, 5.74) is -3.26. The second-order valence-corrected chi connectivity index (χ2v) is 7.03. The lowest BCUT2D eigenvalue weighted by Gasteiger charge is -2.32. The van der Waals surface area contributed by atoms with Crippen LogP contribution in [-0.4, -0.2) is 21.1 Å². The molecule has 0 bridgehead atoms. The largest absolute Gasteiger partial charge is 0.425 e. The van der Waals surface area contributed by atoms with Gasteiger partial charge in [-0.3, -0.25) is 0 Å². The molecule has 3 nitrogen and oxygen atoms in total. The summed E-state index contributed by atoms with van der Waals surface area (Å²) >= 11 is 0. The predicted molar refractivity (Wildman–Crippen MR) is 101 cm³/mol. The molecule has 1 aromatic heterocycles. The molecule has 1 atom stereocenters. The molecule has 0 aliphatic carbocycles. The summed E-state index contributed by atoms with van der Waals surface area (Å²) in [5, 5.41) is 15.3. The van der Waals surface area contributed by atoms with Crippen LogP contribution in [0.15, 0.2) is 66.9 Å². The number of rotatable bonds is 3. The van der Waals surface area contributed by atoms with Crippen molar-refractivity contribution in [3.8, 4) is 5.69 Å². The van der Waals surface area contributed by atoms with Crippen LogP contribution in [0.25, 0.3) is 16.6 Å². The van der Waals surface area contributed by atoms with Gasteiger partial charge in [0.15, 0.2) is 0 Å². The number of nitrogens with zero attached hydrogens (tertiary/aromatic N) is 2. The van der Waals surface area contributed by atoms with E-state index in [0.717, 1.165) is 24.3 Å². The standard InChI is InChI=1S/C22H15F5N2O/c1-13-8-16(11-18(24)9-13)21(30,22(25,26)27)15-2-7-20-14(10-15)12-28-29(20)19-5-3-17(23)4-6-19/h2-12,30H,1H3. The lowest BCUT2D eigenvalue weighted by molar-refractivity contribution is -0.248. The molecular formula is C22H15F5N2O. The summed E-state index contributed by atoms with van der Waals surface area (Å²) in [6.07, 6.45) is -3.76. The molecule has 30 heavy (non-hydrogen) atoms. The van der Waals surface area contributed by atoms with Gasteiger partial charge < -0.3 is 5.11 Å². The van der Waals surface area contributed by atoms with Crippen molar-refractivity contribution in [2.45, 2.75) is 18.7 Å². The third-order valence-electron chi connectivity index (χ3n) is 4.93. The SMILES string of the molecule is Cc1cc(F)cc(C(O)(c2ccc3c(cnn3-c3ccc(F)cc3)c2)C(F)(F)F)c1. The first-order chi connectivity index (χ1) is 14.1. The Balaban J connectivity index is 1.88. The van der Waals surface area contributed by atoms with E-state index in [2.05, 4.69) is 5.10 Å². The molecule has 154 valence electrons. The lowest BCUT2D eigenvalue weighted by Crippen LogP contribution is -2.43. The molecule has 1 heterocycles. The van der Waals surface area contributed by atoms with E-state index in [1.165, 1.54) is 48.1 Å². The molecule has 4 aromatic rings. The van der Waals surface area contributed by atoms with Crippen LogP contribution in [0.5, 0.6) is 0 Å². The number of aliphatic hydroxyl groups is 1. The summed E-state index contributed by atoms with van der Waals surface area (Å²) in [5.74, 6) is -1.31. The van der Waals surface area contributed by atoms with E-state index in [0.29, 0.717) is 22.7 Å². The molecule has 4 rings (SSSR count). The average molecular weight is 418 g/mol. The van der Waals surface area contributed by atoms with Gasteiger partial charge in [-0.25, -0.2) is 13.5 Å². The Hall–Kier alpha value is -3.26. The highest BCUT2D eigenvalue weighted by Crippen LogP contribution is 2.45. The van der Waals surface area contributed by atoms with Gasteiger partial charge in [-0.15, -0.1) is 0 Å². The van der Waals surface area contributed by atoms with Gasteiger partial charge in [-0.2, -0.15) is 18.3 Å². The zero-order valence-electron chi connectivity index (χ0n) is 15.6. The van der Waals surface area contributed by atoms with E-state index in [-0.39, 0.29) is 5.56 Å². The van der Waals surface area contributed by atoms with Gasteiger partial charge in [-0.1, -0.05) is 12.1 Å². The normalized spacial score (nSPS) is 14.1. The summed E-state index contributed by atoms with van der Waals surface area (Å²) in [6.45, 7) is 1.44. The fourth-order valence-electron chi connectivity index (χ4n) is 3.49. The zero-order valence-corrected chi connectivity index (χ0v) is 15.6. The minimum Gasteiger partial charge on any atom is -0.372 e. The van der Waals surface area contributed by atoms with Gasteiger partial charge in [0, 0.05) is 10.9 Å². The third-order valence-corrected chi connectivity index (χ3v) is 4.93. The van der Waals surface area contributed by atoms with Crippen LogP contribution in [0.4, 0.5) is 22.0 Å². The van der Waals surface area contributed by atoms with Crippen LogP contribution < -0.4 is 0 Å². The molecule has 0 spiro atoms. The predicted octanol–water partition coefficient (Wildman–Crippen LogP) is 5.41. The number of fused-ring (bicyclic) bond motifs is 1. The lowest BCUT2D eigenvalue weighted by atomic mass is 9.84. The molecule has 0 aliphatic rings.